The number of hydrogen-bond acceptors (Lipinski definition) is 1. The summed E-state index contributed by atoms with van der Waals surface area (Å²) in [7, 11) is 0.523. The minimum atomic E-state index is -4.01. The van der Waals surface area contributed by atoms with Gasteiger partial charge in [-0.1, -0.05) is 0 Å². The minimum absolute atomic E-state index is 0.0903. The molecule has 1 nitrogen and oxygen atoms in total. The van der Waals surface area contributed by atoms with Crippen molar-refractivity contribution in [2.24, 2.45) is 0 Å². The van der Waals surface area contributed by atoms with E-state index >= 15 is 0 Å². The molecule has 0 radical (unpaired) electrons. The molecule has 0 aromatic heterocycles. The summed E-state index contributed by atoms with van der Waals surface area (Å²) in [5.41, 5.74) is 0. The molecule has 0 aromatic carbocycles. The van der Waals surface area contributed by atoms with Gasteiger partial charge in [0.15, 0.2) is 0 Å². The van der Waals surface area contributed by atoms with E-state index in [1.807, 2.05) is 0 Å². The molecule has 0 N–H and O–H groups in total. The Morgan fingerprint density at radius 3 is 2.22 bits per heavy atom. The number of alkyl halides is 3. The molecular weight excluding hydrogens is 149 g/mol. The Morgan fingerprint density at radius 1 is 1.33 bits per heavy atom. The van der Waals surface area contributed by atoms with Gasteiger partial charge >= 0.3 is 6.18 Å². The van der Waals surface area contributed by atoms with Gasteiger partial charge in [0, 0.05) is 13.0 Å². The highest BCUT2D eigenvalue weighted by Gasteiger charge is 2.25. The molecule has 0 amide bonds. The van der Waals surface area contributed by atoms with Crippen molar-refractivity contribution < 1.29 is 17.6 Å². The second-order valence-corrected chi connectivity index (χ2v) is 2.29. The molecule has 0 fully saturated rings. The maximum atomic E-state index is 11.3. The van der Waals surface area contributed by atoms with Crippen LogP contribution in [0.3, 0.4) is 0 Å². The Bertz CT molecular complexity index is 72.7. The van der Waals surface area contributed by atoms with Gasteiger partial charge in [-0.05, 0) is 6.42 Å². The Hall–Kier alpha value is -0.0331. The highest BCUT2D eigenvalue weighted by molar-refractivity contribution is 5.97. The van der Waals surface area contributed by atoms with Crippen LogP contribution < -0.4 is 0 Å². The van der Waals surface area contributed by atoms with E-state index in [4.69, 9.17) is 0 Å². The molecular formula is C4H9F3OSi. The highest BCUT2D eigenvalue weighted by atomic mass is 28.2. The van der Waals surface area contributed by atoms with Gasteiger partial charge in [-0.2, -0.15) is 13.2 Å². The molecule has 56 valence electrons. The second kappa shape index (κ2) is 3.89. The summed E-state index contributed by atoms with van der Waals surface area (Å²) in [6.07, 6.45) is -4.65. The normalized spacial score (nSPS) is 12.3. The molecule has 5 heteroatoms. The minimum Gasteiger partial charge on any atom is -0.428 e. The van der Waals surface area contributed by atoms with Gasteiger partial charge in [-0.25, -0.2) is 0 Å². The van der Waals surface area contributed by atoms with E-state index in [2.05, 4.69) is 4.43 Å². The van der Waals surface area contributed by atoms with Crippen LogP contribution in [0.25, 0.3) is 0 Å². The van der Waals surface area contributed by atoms with Gasteiger partial charge in [0.25, 0.3) is 0 Å². The standard InChI is InChI=1S/C4H9F3OSi/c5-4(6,7)2-1-3-8-9/h1-3H2,9H3. The zero-order chi connectivity index (χ0) is 7.33. The fourth-order valence-corrected chi connectivity index (χ4v) is 0.706. The highest BCUT2D eigenvalue weighted by Crippen LogP contribution is 2.20. The van der Waals surface area contributed by atoms with E-state index in [-0.39, 0.29) is 13.0 Å². The lowest BCUT2D eigenvalue weighted by molar-refractivity contribution is -0.136. The van der Waals surface area contributed by atoms with Crippen molar-refractivity contribution in [1.29, 1.82) is 0 Å². The Labute approximate surface area is 54.7 Å². The van der Waals surface area contributed by atoms with Crippen molar-refractivity contribution in [3.63, 3.8) is 0 Å². The molecule has 0 unspecified atom stereocenters. The summed E-state index contributed by atoms with van der Waals surface area (Å²) < 4.78 is 38.6. The topological polar surface area (TPSA) is 9.23 Å². The summed E-state index contributed by atoms with van der Waals surface area (Å²) >= 11 is 0. The number of rotatable bonds is 3. The van der Waals surface area contributed by atoms with E-state index in [1.54, 1.807) is 0 Å². The predicted molar refractivity (Wildman–Crippen MR) is 31.2 cm³/mol. The molecule has 0 aliphatic rings. The molecule has 0 saturated heterocycles. The van der Waals surface area contributed by atoms with Gasteiger partial charge in [0.1, 0.15) is 10.5 Å². The molecule has 0 bridgehead atoms. The average molecular weight is 158 g/mol. The molecule has 0 rings (SSSR count). The zero-order valence-electron chi connectivity index (χ0n) is 5.16. The molecule has 0 heterocycles. The van der Waals surface area contributed by atoms with Crippen LogP contribution in [0.15, 0.2) is 0 Å². The lowest BCUT2D eigenvalue weighted by Gasteiger charge is -2.03. The first kappa shape index (κ1) is 8.97. The van der Waals surface area contributed by atoms with E-state index in [0.717, 1.165) is 0 Å². The van der Waals surface area contributed by atoms with E-state index in [1.165, 1.54) is 0 Å². The third-order valence-corrected chi connectivity index (χ3v) is 1.22. The second-order valence-electron chi connectivity index (χ2n) is 1.71. The Kier molecular flexibility index (Phi) is 3.88. The summed E-state index contributed by atoms with van der Waals surface area (Å²) in [6, 6.07) is 0. The van der Waals surface area contributed by atoms with Gasteiger partial charge in [-0.3, -0.25) is 0 Å². The largest absolute Gasteiger partial charge is 0.428 e. The summed E-state index contributed by atoms with van der Waals surface area (Å²) in [4.78, 5) is 0. The van der Waals surface area contributed by atoms with Crippen LogP contribution in [0.1, 0.15) is 12.8 Å². The first-order valence-electron chi connectivity index (χ1n) is 2.62. The van der Waals surface area contributed by atoms with Crippen molar-refractivity contribution >= 4 is 10.5 Å². The number of halogens is 3. The van der Waals surface area contributed by atoms with Gasteiger partial charge in [-0.15, -0.1) is 0 Å². The fraction of sp³-hybridized carbons (Fsp3) is 1.00. The molecule has 0 atom stereocenters. The monoisotopic (exact) mass is 158 g/mol. The summed E-state index contributed by atoms with van der Waals surface area (Å²) in [6.45, 7) is 0.242. The van der Waals surface area contributed by atoms with Crippen LogP contribution in [0.2, 0.25) is 0 Å². The van der Waals surface area contributed by atoms with Crippen LogP contribution in [-0.2, 0) is 4.43 Å². The predicted octanol–water partition coefficient (Wildman–Crippen LogP) is 0.626. The van der Waals surface area contributed by atoms with Crippen LogP contribution in [0, 0.1) is 0 Å². The first-order valence-corrected chi connectivity index (χ1v) is 3.43. The average Bonchev–Trinajstić information content (AvgIpc) is 1.63. The van der Waals surface area contributed by atoms with E-state index < -0.39 is 12.6 Å². The maximum Gasteiger partial charge on any atom is 0.389 e. The van der Waals surface area contributed by atoms with Crippen LogP contribution in [-0.4, -0.2) is 23.3 Å². The lowest BCUT2D eigenvalue weighted by Crippen LogP contribution is -2.08. The molecule has 0 aliphatic heterocycles. The fourth-order valence-electron chi connectivity index (χ4n) is 0.417. The SMILES string of the molecule is FC(F)(F)CCCO[SiH3]. The first-order chi connectivity index (χ1) is 4.06. The van der Waals surface area contributed by atoms with Crippen molar-refractivity contribution in [2.75, 3.05) is 6.61 Å². The van der Waals surface area contributed by atoms with Crippen LogP contribution >= 0.6 is 0 Å². The molecule has 9 heavy (non-hydrogen) atoms. The Morgan fingerprint density at radius 2 is 1.89 bits per heavy atom. The Balaban J connectivity index is 3.07. The molecule has 0 aliphatic carbocycles. The lowest BCUT2D eigenvalue weighted by atomic mass is 10.3. The van der Waals surface area contributed by atoms with E-state index in [0.29, 0.717) is 10.5 Å². The van der Waals surface area contributed by atoms with Gasteiger partial charge in [0.05, 0.1) is 0 Å². The van der Waals surface area contributed by atoms with Crippen molar-refractivity contribution in [1.82, 2.24) is 0 Å². The van der Waals surface area contributed by atoms with E-state index in [9.17, 15) is 13.2 Å². The smallest absolute Gasteiger partial charge is 0.389 e. The van der Waals surface area contributed by atoms with Crippen molar-refractivity contribution in [3.8, 4) is 0 Å². The van der Waals surface area contributed by atoms with Crippen molar-refractivity contribution in [3.05, 3.63) is 0 Å². The number of hydrogen-bond donors (Lipinski definition) is 0. The quantitative estimate of drug-likeness (QED) is 0.432. The molecule has 0 saturated carbocycles. The summed E-state index contributed by atoms with van der Waals surface area (Å²) in [5, 5.41) is 0. The third-order valence-electron chi connectivity index (χ3n) is 0.809. The van der Waals surface area contributed by atoms with Gasteiger partial charge < -0.3 is 4.43 Å². The maximum absolute atomic E-state index is 11.3. The van der Waals surface area contributed by atoms with Crippen molar-refractivity contribution in [2.45, 2.75) is 19.0 Å². The van der Waals surface area contributed by atoms with Crippen LogP contribution in [0.5, 0.6) is 0 Å². The summed E-state index contributed by atoms with van der Waals surface area (Å²) in [5.74, 6) is 0. The molecule has 0 aromatic rings. The zero-order valence-corrected chi connectivity index (χ0v) is 7.16. The van der Waals surface area contributed by atoms with Crippen LogP contribution in [0.4, 0.5) is 13.2 Å². The molecule has 0 spiro atoms. The van der Waals surface area contributed by atoms with Gasteiger partial charge in [0.2, 0.25) is 0 Å². The third kappa shape index (κ3) is 7.97.